The molecule has 0 aliphatic carbocycles. The van der Waals surface area contributed by atoms with Crippen molar-refractivity contribution in [3.8, 4) is 0 Å². The lowest BCUT2D eigenvalue weighted by Gasteiger charge is -2.33. The fraction of sp³-hybridized carbons (Fsp3) is 0.286. The first-order valence-electron chi connectivity index (χ1n) is 6.08. The standard InChI is InChI=1S/C14H14ClNO4/c1-2-6-20-14(19)16-8-9-4-3-5-11(15)10(9)7-12(16)13(17)18/h2-5,12H,1,6-8H2,(H,17,18)/t12-/m0/s1. The molecule has 106 valence electrons. The number of carboxylic acids is 1. The third-order valence-corrected chi connectivity index (χ3v) is 3.53. The largest absolute Gasteiger partial charge is 0.480 e. The number of nitrogens with zero attached hydrogens (tertiary/aromatic N) is 1. The van der Waals surface area contributed by atoms with Crippen LogP contribution in [0.25, 0.3) is 0 Å². The van der Waals surface area contributed by atoms with Gasteiger partial charge in [-0.15, -0.1) is 0 Å². The van der Waals surface area contributed by atoms with Crippen molar-refractivity contribution in [2.24, 2.45) is 0 Å². The number of fused-ring (bicyclic) bond motifs is 1. The molecular weight excluding hydrogens is 282 g/mol. The van der Waals surface area contributed by atoms with Gasteiger partial charge in [-0.3, -0.25) is 4.90 Å². The minimum atomic E-state index is -1.08. The Balaban J connectivity index is 2.30. The van der Waals surface area contributed by atoms with E-state index in [9.17, 15) is 14.7 Å². The van der Waals surface area contributed by atoms with Crippen LogP contribution in [0.5, 0.6) is 0 Å². The molecule has 1 aromatic carbocycles. The fourth-order valence-electron chi connectivity index (χ4n) is 2.20. The second-order valence-electron chi connectivity index (χ2n) is 4.43. The normalized spacial score (nSPS) is 17.2. The molecule has 1 amide bonds. The second kappa shape index (κ2) is 5.96. The van der Waals surface area contributed by atoms with Crippen molar-refractivity contribution < 1.29 is 19.4 Å². The van der Waals surface area contributed by atoms with Gasteiger partial charge in [-0.05, 0) is 17.2 Å². The summed E-state index contributed by atoms with van der Waals surface area (Å²) in [5.41, 5.74) is 1.61. The molecule has 0 saturated heterocycles. The quantitative estimate of drug-likeness (QED) is 0.870. The van der Waals surface area contributed by atoms with Gasteiger partial charge in [0.15, 0.2) is 0 Å². The average Bonchev–Trinajstić information content (AvgIpc) is 2.43. The molecular formula is C14H14ClNO4. The van der Waals surface area contributed by atoms with Gasteiger partial charge in [0.25, 0.3) is 0 Å². The number of halogens is 1. The maximum absolute atomic E-state index is 11.9. The number of hydrogen-bond donors (Lipinski definition) is 1. The van der Waals surface area contributed by atoms with Gasteiger partial charge in [-0.1, -0.05) is 36.4 Å². The molecule has 0 bridgehead atoms. The molecule has 1 aliphatic heterocycles. The first-order chi connectivity index (χ1) is 9.54. The van der Waals surface area contributed by atoms with E-state index in [0.717, 1.165) is 11.1 Å². The number of carboxylic acid groups (broad SMARTS) is 1. The molecule has 2 rings (SSSR count). The van der Waals surface area contributed by atoms with Crippen molar-refractivity contribution in [2.75, 3.05) is 6.61 Å². The molecule has 20 heavy (non-hydrogen) atoms. The molecule has 0 spiro atoms. The lowest BCUT2D eigenvalue weighted by molar-refractivity contribution is -0.143. The van der Waals surface area contributed by atoms with Crippen LogP contribution >= 0.6 is 11.6 Å². The van der Waals surface area contributed by atoms with E-state index >= 15 is 0 Å². The Morgan fingerprint density at radius 3 is 2.95 bits per heavy atom. The number of benzene rings is 1. The zero-order valence-corrected chi connectivity index (χ0v) is 11.5. The molecule has 5 nitrogen and oxygen atoms in total. The number of carbonyl (C=O) groups is 2. The molecule has 1 atom stereocenters. The van der Waals surface area contributed by atoms with Gasteiger partial charge < -0.3 is 9.84 Å². The lowest BCUT2D eigenvalue weighted by atomic mass is 9.94. The van der Waals surface area contributed by atoms with Crippen LogP contribution < -0.4 is 0 Å². The van der Waals surface area contributed by atoms with Crippen LogP contribution in [0, 0.1) is 0 Å². The summed E-state index contributed by atoms with van der Waals surface area (Å²) in [6, 6.07) is 4.34. The van der Waals surface area contributed by atoms with E-state index in [0.29, 0.717) is 5.02 Å². The van der Waals surface area contributed by atoms with Crippen LogP contribution in [0.3, 0.4) is 0 Å². The Labute approximate surface area is 121 Å². The number of aliphatic carboxylic acids is 1. The van der Waals surface area contributed by atoms with Crippen LogP contribution in [0.1, 0.15) is 11.1 Å². The zero-order chi connectivity index (χ0) is 14.7. The third-order valence-electron chi connectivity index (χ3n) is 3.17. The highest BCUT2D eigenvalue weighted by Gasteiger charge is 2.36. The highest BCUT2D eigenvalue weighted by molar-refractivity contribution is 6.31. The van der Waals surface area contributed by atoms with Gasteiger partial charge in [0, 0.05) is 11.4 Å². The van der Waals surface area contributed by atoms with E-state index in [2.05, 4.69) is 6.58 Å². The Morgan fingerprint density at radius 1 is 1.55 bits per heavy atom. The molecule has 1 heterocycles. The first-order valence-corrected chi connectivity index (χ1v) is 6.45. The minimum absolute atomic E-state index is 0.0457. The summed E-state index contributed by atoms with van der Waals surface area (Å²) in [4.78, 5) is 24.5. The van der Waals surface area contributed by atoms with Crippen LogP contribution in [0.4, 0.5) is 4.79 Å². The lowest BCUT2D eigenvalue weighted by Crippen LogP contribution is -2.48. The number of rotatable bonds is 3. The van der Waals surface area contributed by atoms with Crippen LogP contribution in [-0.4, -0.2) is 34.7 Å². The summed E-state index contributed by atoms with van der Waals surface area (Å²) >= 11 is 6.08. The van der Waals surface area contributed by atoms with E-state index < -0.39 is 18.1 Å². The van der Waals surface area contributed by atoms with E-state index in [1.165, 1.54) is 11.0 Å². The molecule has 0 saturated carbocycles. The van der Waals surface area contributed by atoms with E-state index in [1.54, 1.807) is 12.1 Å². The smallest absolute Gasteiger partial charge is 0.411 e. The van der Waals surface area contributed by atoms with E-state index in [1.807, 2.05) is 6.07 Å². The predicted molar refractivity (Wildman–Crippen MR) is 73.7 cm³/mol. The van der Waals surface area contributed by atoms with Gasteiger partial charge in [0.2, 0.25) is 0 Å². The summed E-state index contributed by atoms with van der Waals surface area (Å²) in [6.07, 6.45) is 0.943. The molecule has 0 fully saturated rings. The number of hydrogen-bond acceptors (Lipinski definition) is 3. The zero-order valence-electron chi connectivity index (χ0n) is 10.7. The Hall–Kier alpha value is -2.01. The monoisotopic (exact) mass is 295 g/mol. The number of ether oxygens (including phenoxy) is 1. The summed E-state index contributed by atoms with van der Waals surface area (Å²) in [5.74, 6) is -1.08. The Kier molecular flexibility index (Phi) is 4.29. The predicted octanol–water partition coefficient (Wildman–Crippen LogP) is 2.47. The van der Waals surface area contributed by atoms with Crippen molar-refractivity contribution in [3.63, 3.8) is 0 Å². The van der Waals surface area contributed by atoms with Gasteiger partial charge >= 0.3 is 12.1 Å². The molecule has 1 N–H and O–H groups in total. The third kappa shape index (κ3) is 2.77. The molecule has 1 aliphatic rings. The average molecular weight is 296 g/mol. The van der Waals surface area contributed by atoms with Gasteiger partial charge in [-0.25, -0.2) is 9.59 Å². The number of carbonyl (C=O) groups excluding carboxylic acids is 1. The molecule has 6 heteroatoms. The summed E-state index contributed by atoms with van der Waals surface area (Å²) in [7, 11) is 0. The molecule has 0 aromatic heterocycles. The maximum atomic E-state index is 11.9. The van der Waals surface area contributed by atoms with Crippen molar-refractivity contribution in [2.45, 2.75) is 19.0 Å². The highest BCUT2D eigenvalue weighted by Crippen LogP contribution is 2.29. The fourth-order valence-corrected chi connectivity index (χ4v) is 2.47. The van der Waals surface area contributed by atoms with Crippen LogP contribution in [0.15, 0.2) is 30.9 Å². The van der Waals surface area contributed by atoms with Gasteiger partial charge in [0.1, 0.15) is 12.6 Å². The van der Waals surface area contributed by atoms with Crippen molar-refractivity contribution in [3.05, 3.63) is 47.0 Å². The first kappa shape index (κ1) is 14.4. The van der Waals surface area contributed by atoms with E-state index in [4.69, 9.17) is 16.3 Å². The van der Waals surface area contributed by atoms with Gasteiger partial charge in [0.05, 0.1) is 6.54 Å². The molecule has 0 radical (unpaired) electrons. The molecule has 1 aromatic rings. The SMILES string of the molecule is C=CCOC(=O)N1Cc2cccc(Cl)c2C[C@H]1C(=O)O. The van der Waals surface area contributed by atoms with Crippen molar-refractivity contribution in [1.82, 2.24) is 4.90 Å². The second-order valence-corrected chi connectivity index (χ2v) is 4.84. The highest BCUT2D eigenvalue weighted by atomic mass is 35.5. The Morgan fingerprint density at radius 2 is 2.30 bits per heavy atom. The topological polar surface area (TPSA) is 66.8 Å². The van der Waals surface area contributed by atoms with Crippen molar-refractivity contribution in [1.29, 1.82) is 0 Å². The maximum Gasteiger partial charge on any atom is 0.411 e. The van der Waals surface area contributed by atoms with Crippen molar-refractivity contribution >= 4 is 23.7 Å². The van der Waals surface area contributed by atoms with E-state index in [-0.39, 0.29) is 19.6 Å². The summed E-state index contributed by atoms with van der Waals surface area (Å²) < 4.78 is 4.93. The summed E-state index contributed by atoms with van der Waals surface area (Å²) in [5, 5.41) is 9.81. The summed E-state index contributed by atoms with van der Waals surface area (Å²) in [6.45, 7) is 3.67. The van der Waals surface area contributed by atoms with Crippen LogP contribution in [0.2, 0.25) is 5.02 Å². The van der Waals surface area contributed by atoms with Gasteiger partial charge in [-0.2, -0.15) is 0 Å². The minimum Gasteiger partial charge on any atom is -0.480 e. The number of amides is 1. The molecule has 0 unspecified atom stereocenters. The Bertz CT molecular complexity index is 558. The van der Waals surface area contributed by atoms with Crippen LogP contribution in [-0.2, 0) is 22.5 Å².